The highest BCUT2D eigenvalue weighted by atomic mass is 16.5. The number of aryl methyl sites for hydroxylation is 3. The van der Waals surface area contributed by atoms with Gasteiger partial charge in [-0.25, -0.2) is 4.98 Å². The van der Waals surface area contributed by atoms with Crippen LogP contribution in [-0.4, -0.2) is 25.6 Å². The van der Waals surface area contributed by atoms with Gasteiger partial charge in [0.1, 0.15) is 0 Å². The lowest BCUT2D eigenvalue weighted by atomic mass is 10.1. The minimum absolute atomic E-state index is 0.0810. The third-order valence-corrected chi connectivity index (χ3v) is 3.64. The number of nitrogens with zero attached hydrogens (tertiary/aromatic N) is 4. The minimum Gasteiger partial charge on any atom is -0.339 e. The van der Waals surface area contributed by atoms with E-state index in [4.69, 9.17) is 4.52 Å². The molecule has 0 aliphatic rings. The Balaban J connectivity index is 1.50. The Kier molecular flexibility index (Phi) is 4.69. The molecule has 0 atom stereocenters. The smallest absolute Gasteiger partial charge is 0.226 e. The first-order valence-corrected chi connectivity index (χ1v) is 7.78. The molecule has 0 spiro atoms. The summed E-state index contributed by atoms with van der Waals surface area (Å²) < 4.78 is 7.00. The lowest BCUT2D eigenvalue weighted by Gasteiger charge is -2.03. The molecule has 0 fully saturated rings. The molecular weight excluding hydrogens is 306 g/mol. The lowest BCUT2D eigenvalue weighted by Crippen LogP contribution is -2.14. The fourth-order valence-corrected chi connectivity index (χ4v) is 2.25. The van der Waals surface area contributed by atoms with Gasteiger partial charge in [0.15, 0.2) is 0 Å². The summed E-state index contributed by atoms with van der Waals surface area (Å²) >= 11 is 0. The Morgan fingerprint density at radius 2 is 2.08 bits per heavy atom. The van der Waals surface area contributed by atoms with Crippen molar-refractivity contribution < 1.29 is 9.32 Å². The largest absolute Gasteiger partial charge is 0.339 e. The van der Waals surface area contributed by atoms with Crippen molar-refractivity contribution in [3.05, 3.63) is 48.1 Å². The first kappa shape index (κ1) is 15.9. The third-order valence-electron chi connectivity index (χ3n) is 3.64. The van der Waals surface area contributed by atoms with Gasteiger partial charge in [-0.1, -0.05) is 35.0 Å². The summed E-state index contributed by atoms with van der Waals surface area (Å²) in [7, 11) is 1.83. The summed E-state index contributed by atoms with van der Waals surface area (Å²) in [6, 6.07) is 7.94. The number of anilines is 1. The molecule has 1 N–H and O–H groups in total. The maximum Gasteiger partial charge on any atom is 0.226 e. The van der Waals surface area contributed by atoms with Crippen LogP contribution < -0.4 is 5.32 Å². The second-order valence-electron chi connectivity index (χ2n) is 5.64. The van der Waals surface area contributed by atoms with Gasteiger partial charge < -0.3 is 9.09 Å². The van der Waals surface area contributed by atoms with Crippen LogP contribution in [0.4, 0.5) is 5.95 Å². The predicted molar refractivity (Wildman–Crippen MR) is 89.2 cm³/mol. The van der Waals surface area contributed by atoms with Gasteiger partial charge in [-0.2, -0.15) is 4.98 Å². The molecule has 0 saturated heterocycles. The molecule has 7 nitrogen and oxygen atoms in total. The fourth-order valence-electron chi connectivity index (χ4n) is 2.25. The number of aromatic nitrogens is 4. The van der Waals surface area contributed by atoms with Crippen molar-refractivity contribution in [2.75, 3.05) is 5.32 Å². The van der Waals surface area contributed by atoms with E-state index in [-0.39, 0.29) is 5.91 Å². The molecule has 2 aromatic heterocycles. The molecule has 0 saturated carbocycles. The van der Waals surface area contributed by atoms with E-state index in [9.17, 15) is 4.79 Å². The van der Waals surface area contributed by atoms with Crippen LogP contribution in [0.1, 0.15) is 24.3 Å². The zero-order chi connectivity index (χ0) is 16.9. The number of benzene rings is 1. The number of hydrogen-bond acceptors (Lipinski definition) is 5. The van der Waals surface area contributed by atoms with Crippen molar-refractivity contribution in [2.45, 2.75) is 26.2 Å². The zero-order valence-electron chi connectivity index (χ0n) is 13.7. The Morgan fingerprint density at radius 1 is 1.29 bits per heavy atom. The monoisotopic (exact) mass is 325 g/mol. The van der Waals surface area contributed by atoms with Crippen LogP contribution in [0.25, 0.3) is 11.4 Å². The van der Waals surface area contributed by atoms with Crippen molar-refractivity contribution in [1.82, 2.24) is 19.7 Å². The fraction of sp³-hybridized carbons (Fsp3) is 0.294. The van der Waals surface area contributed by atoms with Gasteiger partial charge in [0.2, 0.25) is 23.6 Å². The van der Waals surface area contributed by atoms with Crippen LogP contribution in [0.3, 0.4) is 0 Å². The van der Waals surface area contributed by atoms with Crippen LogP contribution in [-0.2, 0) is 18.3 Å². The summed E-state index contributed by atoms with van der Waals surface area (Å²) in [5.41, 5.74) is 2.10. The van der Waals surface area contributed by atoms with E-state index >= 15 is 0 Å². The van der Waals surface area contributed by atoms with Gasteiger partial charge in [0.05, 0.1) is 0 Å². The van der Waals surface area contributed by atoms with E-state index in [0.717, 1.165) is 5.56 Å². The molecule has 3 rings (SSSR count). The summed E-state index contributed by atoms with van der Waals surface area (Å²) in [4.78, 5) is 20.3. The van der Waals surface area contributed by atoms with Gasteiger partial charge in [-0.05, 0) is 13.3 Å². The highest BCUT2D eigenvalue weighted by molar-refractivity contribution is 5.88. The number of hydrogen-bond donors (Lipinski definition) is 1. The van der Waals surface area contributed by atoms with Gasteiger partial charge in [0, 0.05) is 37.8 Å². The molecule has 0 aliphatic heterocycles. The topological polar surface area (TPSA) is 85.8 Å². The van der Waals surface area contributed by atoms with Crippen LogP contribution in [0, 0.1) is 6.92 Å². The second-order valence-corrected chi connectivity index (χ2v) is 5.64. The highest BCUT2D eigenvalue weighted by Gasteiger charge is 2.10. The molecule has 1 amide bonds. The molecule has 0 unspecified atom stereocenters. The first-order valence-electron chi connectivity index (χ1n) is 7.78. The third kappa shape index (κ3) is 3.87. The SMILES string of the molecule is Cc1ccc(-c2noc(CCCC(=O)Nc3nccn3C)n2)cc1. The van der Waals surface area contributed by atoms with E-state index in [1.165, 1.54) is 5.56 Å². The Bertz CT molecular complexity index is 820. The molecule has 0 radical (unpaired) electrons. The number of rotatable bonds is 6. The molecule has 2 heterocycles. The molecular formula is C17H19N5O2. The standard InChI is InChI=1S/C17H19N5O2/c1-12-6-8-13(9-7-12)16-20-15(24-21-16)5-3-4-14(23)19-17-18-10-11-22(17)2/h6-11H,3-5H2,1-2H3,(H,18,19,23). The molecule has 124 valence electrons. The number of amides is 1. The quantitative estimate of drug-likeness (QED) is 0.753. The van der Waals surface area contributed by atoms with Crippen molar-refractivity contribution in [1.29, 1.82) is 0 Å². The van der Waals surface area contributed by atoms with Crippen LogP contribution in [0.2, 0.25) is 0 Å². The van der Waals surface area contributed by atoms with E-state index in [0.29, 0.717) is 36.9 Å². The number of carbonyl (C=O) groups is 1. The predicted octanol–water partition coefficient (Wildman–Crippen LogP) is 2.74. The van der Waals surface area contributed by atoms with Crippen LogP contribution in [0.5, 0.6) is 0 Å². The second kappa shape index (κ2) is 7.08. The molecule has 7 heteroatoms. The van der Waals surface area contributed by atoms with Gasteiger partial charge in [-0.15, -0.1) is 0 Å². The van der Waals surface area contributed by atoms with Crippen molar-refractivity contribution in [2.24, 2.45) is 7.05 Å². The number of carbonyl (C=O) groups excluding carboxylic acids is 1. The Morgan fingerprint density at radius 3 is 2.79 bits per heavy atom. The highest BCUT2D eigenvalue weighted by Crippen LogP contribution is 2.17. The minimum atomic E-state index is -0.0810. The number of nitrogens with one attached hydrogen (secondary N) is 1. The van der Waals surface area contributed by atoms with Crippen molar-refractivity contribution >= 4 is 11.9 Å². The zero-order valence-corrected chi connectivity index (χ0v) is 13.7. The van der Waals surface area contributed by atoms with E-state index in [1.807, 2.05) is 38.2 Å². The number of imidazole rings is 1. The average Bonchev–Trinajstić information content (AvgIpc) is 3.18. The van der Waals surface area contributed by atoms with Crippen LogP contribution in [0.15, 0.2) is 41.2 Å². The molecule has 0 aliphatic carbocycles. The van der Waals surface area contributed by atoms with E-state index in [2.05, 4.69) is 20.4 Å². The van der Waals surface area contributed by atoms with Crippen LogP contribution >= 0.6 is 0 Å². The first-order chi connectivity index (χ1) is 11.6. The molecule has 24 heavy (non-hydrogen) atoms. The van der Waals surface area contributed by atoms with E-state index < -0.39 is 0 Å². The van der Waals surface area contributed by atoms with Gasteiger partial charge in [-0.3, -0.25) is 10.1 Å². The molecule has 1 aromatic carbocycles. The normalized spacial score (nSPS) is 10.8. The summed E-state index contributed by atoms with van der Waals surface area (Å²) in [5, 5.41) is 6.75. The summed E-state index contributed by atoms with van der Waals surface area (Å²) in [5.74, 6) is 1.57. The van der Waals surface area contributed by atoms with Crippen molar-refractivity contribution in [3.63, 3.8) is 0 Å². The summed E-state index contributed by atoms with van der Waals surface area (Å²) in [6.45, 7) is 2.03. The Hall–Kier alpha value is -2.96. The molecule has 0 bridgehead atoms. The molecule has 3 aromatic rings. The van der Waals surface area contributed by atoms with Gasteiger partial charge in [0.25, 0.3) is 0 Å². The van der Waals surface area contributed by atoms with Gasteiger partial charge >= 0.3 is 0 Å². The lowest BCUT2D eigenvalue weighted by molar-refractivity contribution is -0.116. The summed E-state index contributed by atoms with van der Waals surface area (Å²) in [6.07, 6.45) is 4.98. The van der Waals surface area contributed by atoms with Crippen molar-refractivity contribution in [3.8, 4) is 11.4 Å². The maximum absolute atomic E-state index is 11.9. The van der Waals surface area contributed by atoms with E-state index in [1.54, 1.807) is 17.0 Å². The maximum atomic E-state index is 11.9. The Labute approximate surface area is 139 Å². The average molecular weight is 325 g/mol.